The highest BCUT2D eigenvalue weighted by molar-refractivity contribution is 6.36. The quantitative estimate of drug-likeness (QED) is 0.791. The van der Waals surface area contributed by atoms with Crippen LogP contribution in [0.4, 0.5) is 0 Å². The van der Waals surface area contributed by atoms with Crippen molar-refractivity contribution in [2.24, 2.45) is 0 Å². The zero-order valence-corrected chi connectivity index (χ0v) is 15.7. The number of hydrogen-bond donors (Lipinski definition) is 0. The molecule has 1 aliphatic rings. The molecule has 0 aliphatic carbocycles. The standard InChI is InChI=1S/C18H21Cl2N3O2/c1-2-22-7-9-23(10-8-22)18(24)6-5-17-21-12-16(25-17)14-4-3-13(19)11-15(14)20/h3-4,11-12H,2,5-10H2,1H3. The normalized spacial score (nSPS) is 15.6. The Morgan fingerprint density at radius 3 is 2.68 bits per heavy atom. The Kier molecular flexibility index (Phi) is 5.99. The van der Waals surface area contributed by atoms with Gasteiger partial charge in [-0.15, -0.1) is 0 Å². The average molecular weight is 382 g/mol. The number of halogens is 2. The summed E-state index contributed by atoms with van der Waals surface area (Å²) < 4.78 is 5.74. The minimum absolute atomic E-state index is 0.153. The molecule has 5 nitrogen and oxygen atoms in total. The molecule has 3 rings (SSSR count). The van der Waals surface area contributed by atoms with Crippen LogP contribution in [0, 0.1) is 0 Å². The van der Waals surface area contributed by atoms with Crippen molar-refractivity contribution in [3.8, 4) is 11.3 Å². The van der Waals surface area contributed by atoms with E-state index in [0.29, 0.717) is 34.5 Å². The van der Waals surface area contributed by atoms with Gasteiger partial charge in [0.15, 0.2) is 11.7 Å². The third-order valence-electron chi connectivity index (χ3n) is 4.48. The lowest BCUT2D eigenvalue weighted by Crippen LogP contribution is -2.48. The van der Waals surface area contributed by atoms with Gasteiger partial charge in [0.25, 0.3) is 0 Å². The van der Waals surface area contributed by atoms with Crippen LogP contribution in [0.15, 0.2) is 28.8 Å². The first-order valence-electron chi connectivity index (χ1n) is 8.47. The van der Waals surface area contributed by atoms with E-state index in [-0.39, 0.29) is 5.91 Å². The summed E-state index contributed by atoms with van der Waals surface area (Å²) in [5, 5.41) is 1.09. The maximum absolute atomic E-state index is 12.3. The molecule has 0 spiro atoms. The van der Waals surface area contributed by atoms with Crippen LogP contribution in [0.2, 0.25) is 10.0 Å². The molecule has 0 radical (unpaired) electrons. The van der Waals surface area contributed by atoms with E-state index >= 15 is 0 Å². The predicted molar refractivity (Wildman–Crippen MR) is 99.0 cm³/mol. The van der Waals surface area contributed by atoms with E-state index in [1.54, 1.807) is 24.4 Å². The van der Waals surface area contributed by atoms with Crippen LogP contribution in [-0.2, 0) is 11.2 Å². The van der Waals surface area contributed by atoms with Crippen LogP contribution < -0.4 is 0 Å². The van der Waals surface area contributed by atoms with Crippen molar-refractivity contribution in [2.75, 3.05) is 32.7 Å². The Bertz CT molecular complexity index is 740. The van der Waals surface area contributed by atoms with Crippen LogP contribution in [0.3, 0.4) is 0 Å². The molecule has 2 heterocycles. The first-order valence-corrected chi connectivity index (χ1v) is 9.22. The van der Waals surface area contributed by atoms with E-state index in [1.807, 2.05) is 4.90 Å². The second-order valence-corrected chi connectivity index (χ2v) is 6.90. The van der Waals surface area contributed by atoms with E-state index in [4.69, 9.17) is 27.6 Å². The van der Waals surface area contributed by atoms with Crippen LogP contribution >= 0.6 is 23.2 Å². The number of likely N-dealkylation sites (N-methyl/N-ethyl adjacent to an activating group) is 1. The number of nitrogens with zero attached hydrogens (tertiary/aromatic N) is 3. The Balaban J connectivity index is 1.56. The van der Waals surface area contributed by atoms with E-state index in [2.05, 4.69) is 16.8 Å². The fourth-order valence-electron chi connectivity index (χ4n) is 2.93. The first kappa shape index (κ1) is 18.2. The van der Waals surface area contributed by atoms with Gasteiger partial charge in [0.05, 0.1) is 11.2 Å². The summed E-state index contributed by atoms with van der Waals surface area (Å²) in [6, 6.07) is 5.22. The molecule has 0 atom stereocenters. The minimum atomic E-state index is 0.153. The second-order valence-electron chi connectivity index (χ2n) is 6.06. The number of carbonyl (C=O) groups is 1. The summed E-state index contributed by atoms with van der Waals surface area (Å²) in [5.41, 5.74) is 0.742. The lowest BCUT2D eigenvalue weighted by molar-refractivity contribution is -0.132. The first-order chi connectivity index (χ1) is 12.1. The molecule has 0 bridgehead atoms. The number of amides is 1. The summed E-state index contributed by atoms with van der Waals surface area (Å²) in [6.07, 6.45) is 2.52. The highest BCUT2D eigenvalue weighted by atomic mass is 35.5. The van der Waals surface area contributed by atoms with Gasteiger partial charge in [0.1, 0.15) is 0 Å². The Labute approximate surface area is 157 Å². The molecule has 7 heteroatoms. The number of carbonyl (C=O) groups excluding carboxylic acids is 1. The van der Waals surface area contributed by atoms with Crippen LogP contribution in [0.25, 0.3) is 11.3 Å². The van der Waals surface area contributed by atoms with Crippen molar-refractivity contribution in [2.45, 2.75) is 19.8 Å². The molecule has 1 aromatic heterocycles. The van der Waals surface area contributed by atoms with Crippen molar-refractivity contribution in [3.63, 3.8) is 0 Å². The van der Waals surface area contributed by atoms with Crippen molar-refractivity contribution < 1.29 is 9.21 Å². The highest BCUT2D eigenvalue weighted by Gasteiger charge is 2.20. The molecule has 1 saturated heterocycles. The Morgan fingerprint density at radius 2 is 2.00 bits per heavy atom. The number of aromatic nitrogens is 1. The molecule has 1 fully saturated rings. The second kappa shape index (κ2) is 8.21. The number of piperazine rings is 1. The molecule has 1 aromatic carbocycles. The number of benzene rings is 1. The van der Waals surface area contributed by atoms with Gasteiger partial charge in [-0.1, -0.05) is 30.1 Å². The molecular weight excluding hydrogens is 361 g/mol. The molecule has 1 amide bonds. The van der Waals surface area contributed by atoms with Crippen molar-refractivity contribution in [1.82, 2.24) is 14.8 Å². The maximum atomic E-state index is 12.3. The van der Waals surface area contributed by atoms with Gasteiger partial charge >= 0.3 is 0 Å². The topological polar surface area (TPSA) is 49.6 Å². The lowest BCUT2D eigenvalue weighted by Gasteiger charge is -2.34. The maximum Gasteiger partial charge on any atom is 0.223 e. The number of hydrogen-bond acceptors (Lipinski definition) is 4. The summed E-state index contributed by atoms with van der Waals surface area (Å²) >= 11 is 12.1. The molecule has 0 unspecified atom stereocenters. The van der Waals surface area contributed by atoms with Crippen LogP contribution in [0.5, 0.6) is 0 Å². The number of rotatable bonds is 5. The zero-order valence-electron chi connectivity index (χ0n) is 14.2. The van der Waals surface area contributed by atoms with Crippen molar-refractivity contribution in [1.29, 1.82) is 0 Å². The summed E-state index contributed by atoms with van der Waals surface area (Å²) in [4.78, 5) is 20.9. The van der Waals surface area contributed by atoms with Gasteiger partial charge in [0, 0.05) is 49.6 Å². The van der Waals surface area contributed by atoms with Gasteiger partial charge in [-0.3, -0.25) is 4.79 Å². The largest absolute Gasteiger partial charge is 0.441 e. The fourth-order valence-corrected chi connectivity index (χ4v) is 3.43. The Morgan fingerprint density at radius 1 is 1.24 bits per heavy atom. The van der Waals surface area contributed by atoms with Gasteiger partial charge in [-0.25, -0.2) is 4.98 Å². The van der Waals surface area contributed by atoms with E-state index < -0.39 is 0 Å². The van der Waals surface area contributed by atoms with Gasteiger partial charge < -0.3 is 14.2 Å². The zero-order chi connectivity index (χ0) is 17.8. The van der Waals surface area contributed by atoms with Gasteiger partial charge in [0.2, 0.25) is 5.91 Å². The minimum Gasteiger partial charge on any atom is -0.441 e. The van der Waals surface area contributed by atoms with E-state index in [1.165, 1.54) is 0 Å². The van der Waals surface area contributed by atoms with Crippen LogP contribution in [0.1, 0.15) is 19.2 Å². The van der Waals surface area contributed by atoms with Crippen molar-refractivity contribution >= 4 is 29.1 Å². The molecule has 134 valence electrons. The number of oxazole rings is 1. The molecule has 0 N–H and O–H groups in total. The molecule has 1 aliphatic heterocycles. The lowest BCUT2D eigenvalue weighted by atomic mass is 10.2. The summed E-state index contributed by atoms with van der Waals surface area (Å²) in [6.45, 7) is 6.66. The van der Waals surface area contributed by atoms with Crippen molar-refractivity contribution in [3.05, 3.63) is 40.3 Å². The van der Waals surface area contributed by atoms with E-state index in [0.717, 1.165) is 38.3 Å². The van der Waals surface area contributed by atoms with Gasteiger partial charge in [-0.05, 0) is 24.7 Å². The summed E-state index contributed by atoms with van der Waals surface area (Å²) in [5.74, 6) is 1.28. The average Bonchev–Trinajstić information content (AvgIpc) is 3.08. The SMILES string of the molecule is CCN1CCN(C(=O)CCc2ncc(-c3ccc(Cl)cc3Cl)o2)CC1. The molecule has 0 saturated carbocycles. The smallest absolute Gasteiger partial charge is 0.223 e. The summed E-state index contributed by atoms with van der Waals surface area (Å²) in [7, 11) is 0. The molecular formula is C18H21Cl2N3O2. The van der Waals surface area contributed by atoms with Crippen LogP contribution in [-0.4, -0.2) is 53.4 Å². The predicted octanol–water partition coefficient (Wildman–Crippen LogP) is 3.75. The molecule has 2 aromatic rings. The third kappa shape index (κ3) is 4.54. The Hall–Kier alpha value is -1.56. The number of aryl methyl sites for hydroxylation is 1. The van der Waals surface area contributed by atoms with Gasteiger partial charge in [-0.2, -0.15) is 0 Å². The monoisotopic (exact) mass is 381 g/mol. The van der Waals surface area contributed by atoms with E-state index in [9.17, 15) is 4.79 Å². The fraction of sp³-hybridized carbons (Fsp3) is 0.444. The third-order valence-corrected chi connectivity index (χ3v) is 5.02. The molecule has 25 heavy (non-hydrogen) atoms. The highest BCUT2D eigenvalue weighted by Crippen LogP contribution is 2.30.